The average molecular weight is 699 g/mol. The summed E-state index contributed by atoms with van der Waals surface area (Å²) in [6, 6.07) is 14.0. The van der Waals surface area contributed by atoms with Gasteiger partial charge in [-0.1, -0.05) is 67.7 Å². The molecule has 0 radical (unpaired) electrons. The minimum atomic E-state index is -1.94. The van der Waals surface area contributed by atoms with Crippen molar-refractivity contribution in [3.8, 4) is 11.5 Å². The number of esters is 1. The van der Waals surface area contributed by atoms with E-state index in [2.05, 4.69) is 54.5 Å². The highest BCUT2D eigenvalue weighted by atomic mass is 32.1. The van der Waals surface area contributed by atoms with Crippen molar-refractivity contribution in [3.63, 3.8) is 0 Å². The largest absolute Gasteiger partial charge is 0.543 e. The lowest BCUT2D eigenvalue weighted by molar-refractivity contribution is -0.116. The van der Waals surface area contributed by atoms with Crippen molar-refractivity contribution in [2.75, 3.05) is 17.2 Å². The maximum absolute atomic E-state index is 12.3. The molecule has 0 saturated heterocycles. The van der Waals surface area contributed by atoms with Crippen LogP contribution >= 0.6 is 22.7 Å². The smallest absolute Gasteiger partial charge is 0.350 e. The number of aromatic hydroxyl groups is 1. The zero-order valence-corrected chi connectivity index (χ0v) is 29.6. The Hall–Kier alpha value is -4.60. The van der Waals surface area contributed by atoms with Crippen molar-refractivity contribution in [2.24, 2.45) is 0 Å². The van der Waals surface area contributed by atoms with E-state index in [1.807, 2.05) is 24.3 Å². The van der Waals surface area contributed by atoms with Crippen molar-refractivity contribution < 1.29 is 38.6 Å². The lowest BCUT2D eigenvalue weighted by atomic mass is 10.1. The molecule has 15 heteroatoms. The predicted molar refractivity (Wildman–Crippen MR) is 184 cm³/mol. The SMILES string of the molecule is CCOC(=O)c1cnc(NC(=O)Cc2cccc(O[Si](C)(C)C(C)(C)C)c2)s1.O=C(Cc1cccc(O)c1)Nc1ncc(C(=O)O)s1. The molecule has 4 aromatic rings. The molecule has 2 aromatic carbocycles. The normalized spacial score (nSPS) is 11.1. The van der Waals surface area contributed by atoms with Gasteiger partial charge >= 0.3 is 11.9 Å². The van der Waals surface area contributed by atoms with Crippen LogP contribution in [0.25, 0.3) is 0 Å². The lowest BCUT2D eigenvalue weighted by Crippen LogP contribution is -2.43. The lowest BCUT2D eigenvalue weighted by Gasteiger charge is -2.36. The third kappa shape index (κ3) is 11.6. The van der Waals surface area contributed by atoms with Crippen LogP contribution in [0, 0.1) is 0 Å². The Balaban J connectivity index is 0.000000274. The first-order valence-corrected chi connectivity index (χ1v) is 19.1. The first kappa shape index (κ1) is 36.9. The molecule has 0 fully saturated rings. The topological polar surface area (TPSA) is 177 Å². The van der Waals surface area contributed by atoms with Gasteiger partial charge in [0.25, 0.3) is 0 Å². The number of phenolic OH excluding ortho intramolecular Hbond substituents is 1. The van der Waals surface area contributed by atoms with Gasteiger partial charge in [-0.3, -0.25) is 9.59 Å². The highest BCUT2D eigenvalue weighted by Crippen LogP contribution is 2.37. The summed E-state index contributed by atoms with van der Waals surface area (Å²) >= 11 is 1.99. The van der Waals surface area contributed by atoms with E-state index >= 15 is 0 Å². The summed E-state index contributed by atoms with van der Waals surface area (Å²) in [6.45, 7) is 13.0. The van der Waals surface area contributed by atoms with Gasteiger partial charge in [-0.25, -0.2) is 19.6 Å². The molecule has 2 amide bonds. The standard InChI is InChI=1S/C20H28N2O4SSi.C12H10N2O4S/c1-7-25-18(24)16-13-21-19(27-16)22-17(23)12-14-9-8-10-15(11-14)26-28(5,6)20(2,3)4;15-8-3-1-2-7(4-8)5-10(16)14-12-13-6-9(19-12)11(17)18/h8-11,13H,7,12H2,1-6H3,(H,21,22,23);1-4,6,15H,5H2,(H,17,18)(H,13,14,16). The fourth-order valence-corrected chi connectivity index (χ4v) is 6.01. The fourth-order valence-electron chi connectivity index (χ4n) is 3.59. The minimum absolute atomic E-state index is 0.0626. The van der Waals surface area contributed by atoms with Gasteiger partial charge in [0.2, 0.25) is 20.1 Å². The number of phenols is 1. The fraction of sp³-hybridized carbons (Fsp3) is 0.312. The van der Waals surface area contributed by atoms with E-state index in [1.54, 1.807) is 19.1 Å². The van der Waals surface area contributed by atoms with Crippen LogP contribution in [0.5, 0.6) is 11.5 Å². The third-order valence-corrected chi connectivity index (χ3v) is 13.1. The van der Waals surface area contributed by atoms with E-state index in [0.29, 0.717) is 22.2 Å². The van der Waals surface area contributed by atoms with Crippen LogP contribution in [-0.2, 0) is 27.2 Å². The Bertz CT molecular complexity index is 1710. The zero-order valence-electron chi connectivity index (χ0n) is 26.9. The molecule has 0 aliphatic rings. The molecule has 0 atom stereocenters. The molecule has 4 rings (SSSR count). The van der Waals surface area contributed by atoms with Crippen LogP contribution in [0.3, 0.4) is 0 Å². The third-order valence-electron chi connectivity index (χ3n) is 6.91. The van der Waals surface area contributed by atoms with Crippen molar-refractivity contribution in [3.05, 3.63) is 81.8 Å². The molecule has 4 N–H and O–H groups in total. The maximum Gasteiger partial charge on any atom is 0.350 e. The molecular formula is C32H38N4O8S2Si. The molecule has 0 unspecified atom stereocenters. The number of carbonyl (C=O) groups excluding carboxylic acids is 3. The molecule has 12 nitrogen and oxygen atoms in total. The van der Waals surface area contributed by atoms with Crippen LogP contribution in [0.15, 0.2) is 60.9 Å². The monoisotopic (exact) mass is 698 g/mol. The van der Waals surface area contributed by atoms with Gasteiger partial charge in [-0.05, 0) is 60.4 Å². The summed E-state index contributed by atoms with van der Waals surface area (Å²) in [6.07, 6.45) is 2.88. The number of hydrogen-bond donors (Lipinski definition) is 4. The van der Waals surface area contributed by atoms with E-state index in [-0.39, 0.29) is 45.5 Å². The Labute approximate surface area is 282 Å². The van der Waals surface area contributed by atoms with E-state index in [1.165, 1.54) is 24.5 Å². The number of carbonyl (C=O) groups is 4. The van der Waals surface area contributed by atoms with E-state index in [0.717, 1.165) is 34.0 Å². The molecule has 0 aliphatic heterocycles. The number of nitrogens with zero attached hydrogens (tertiary/aromatic N) is 2. The minimum Gasteiger partial charge on any atom is -0.543 e. The summed E-state index contributed by atoms with van der Waals surface area (Å²) in [5.41, 5.74) is 1.52. The number of aromatic carboxylic acids is 1. The van der Waals surface area contributed by atoms with Crippen LogP contribution in [-0.4, -0.2) is 58.9 Å². The van der Waals surface area contributed by atoms with Gasteiger partial charge < -0.3 is 30.0 Å². The summed E-state index contributed by atoms with van der Waals surface area (Å²) in [7, 11) is -1.94. The molecule has 0 saturated carbocycles. The van der Waals surface area contributed by atoms with Crippen molar-refractivity contribution >= 4 is 65.0 Å². The molecule has 47 heavy (non-hydrogen) atoms. The first-order valence-electron chi connectivity index (χ1n) is 14.5. The van der Waals surface area contributed by atoms with Gasteiger partial charge in [0.05, 0.1) is 31.8 Å². The van der Waals surface area contributed by atoms with Gasteiger partial charge in [0.15, 0.2) is 10.3 Å². The average Bonchev–Trinajstić information content (AvgIpc) is 3.63. The number of thiazole rings is 2. The second kappa shape index (κ2) is 16.3. The van der Waals surface area contributed by atoms with Crippen LogP contribution in [0.4, 0.5) is 10.3 Å². The number of carboxylic acids is 1. The first-order chi connectivity index (χ1) is 22.1. The Morgan fingerprint density at radius 3 is 1.89 bits per heavy atom. The summed E-state index contributed by atoms with van der Waals surface area (Å²) in [4.78, 5) is 54.7. The second-order valence-electron chi connectivity index (χ2n) is 11.7. The van der Waals surface area contributed by atoms with Gasteiger partial charge in [0.1, 0.15) is 21.3 Å². The van der Waals surface area contributed by atoms with Crippen molar-refractivity contribution in [1.82, 2.24) is 9.97 Å². The molecule has 0 bridgehead atoms. The van der Waals surface area contributed by atoms with Gasteiger partial charge in [0, 0.05) is 0 Å². The quantitative estimate of drug-likeness (QED) is 0.0984. The highest BCUT2D eigenvalue weighted by molar-refractivity contribution is 7.17. The Kier molecular flexibility index (Phi) is 12.8. The number of amides is 2. The van der Waals surface area contributed by atoms with Crippen LogP contribution < -0.4 is 15.1 Å². The molecule has 2 aromatic heterocycles. The summed E-state index contributed by atoms with van der Waals surface area (Å²) in [5, 5.41) is 24.0. The number of rotatable bonds is 11. The molecule has 2 heterocycles. The van der Waals surface area contributed by atoms with E-state index in [4.69, 9.17) is 14.3 Å². The number of benzene rings is 2. The Morgan fingerprint density at radius 2 is 1.38 bits per heavy atom. The highest BCUT2D eigenvalue weighted by Gasteiger charge is 2.39. The number of anilines is 2. The number of ether oxygens (including phenoxy) is 1. The maximum atomic E-state index is 12.3. The molecule has 0 aliphatic carbocycles. The van der Waals surface area contributed by atoms with Crippen LogP contribution in [0.2, 0.25) is 18.1 Å². The van der Waals surface area contributed by atoms with E-state index in [9.17, 15) is 24.3 Å². The van der Waals surface area contributed by atoms with Gasteiger partial charge in [-0.2, -0.15) is 0 Å². The summed E-state index contributed by atoms with van der Waals surface area (Å²) < 4.78 is 11.2. The molecular weight excluding hydrogens is 661 g/mol. The van der Waals surface area contributed by atoms with Crippen molar-refractivity contribution in [2.45, 2.75) is 58.7 Å². The Morgan fingerprint density at radius 1 is 0.851 bits per heavy atom. The second-order valence-corrected chi connectivity index (χ2v) is 18.5. The van der Waals surface area contributed by atoms with E-state index < -0.39 is 20.3 Å². The zero-order chi connectivity index (χ0) is 34.8. The molecule has 250 valence electrons. The number of aromatic nitrogens is 2. The van der Waals surface area contributed by atoms with Crippen molar-refractivity contribution in [1.29, 1.82) is 0 Å². The summed E-state index contributed by atoms with van der Waals surface area (Å²) in [5.74, 6) is -1.16. The molecule has 0 spiro atoms. The number of nitrogens with one attached hydrogen (secondary N) is 2. The van der Waals surface area contributed by atoms with Gasteiger partial charge in [-0.15, -0.1) is 0 Å². The predicted octanol–water partition coefficient (Wildman–Crippen LogP) is 6.61. The number of hydrogen-bond acceptors (Lipinski definition) is 11. The van der Waals surface area contributed by atoms with Crippen LogP contribution in [0.1, 0.15) is 58.2 Å². The number of carboxylic acid groups (broad SMARTS) is 1.